The lowest BCUT2D eigenvalue weighted by atomic mass is 9.83. The van der Waals surface area contributed by atoms with E-state index in [2.05, 4.69) is 139 Å². The van der Waals surface area contributed by atoms with Crippen LogP contribution in [0.25, 0.3) is 0 Å². The maximum absolute atomic E-state index is 13.6. The van der Waals surface area contributed by atoms with E-state index >= 15 is 0 Å². The van der Waals surface area contributed by atoms with Gasteiger partial charge in [0.05, 0.1) is 5.60 Å². The zero-order valence-electron chi connectivity index (χ0n) is 40.7. The van der Waals surface area contributed by atoms with Gasteiger partial charge < -0.3 is 26.0 Å². The molecule has 0 aromatic heterocycles. The molecule has 14 heteroatoms. The summed E-state index contributed by atoms with van der Waals surface area (Å²) in [7, 11) is 0. The molecule has 4 amide bonds. The normalized spacial score (nSPS) is 22.7. The Morgan fingerprint density at radius 2 is 1.15 bits per heavy atom. The van der Waals surface area contributed by atoms with Crippen LogP contribution in [0.3, 0.4) is 0 Å². The maximum Gasteiger partial charge on any atom is 0.221 e. The first-order valence-corrected chi connectivity index (χ1v) is 26.4. The second-order valence-electron chi connectivity index (χ2n) is 20.9. The monoisotopic (exact) mass is 948 g/mol. The van der Waals surface area contributed by atoms with Crippen LogP contribution >= 0.6 is 50.5 Å². The lowest BCUT2D eigenvalue weighted by Crippen LogP contribution is -2.52. The number of carbonyl (C=O) groups excluding carboxylic acids is 4. The van der Waals surface area contributed by atoms with Crippen molar-refractivity contribution in [1.82, 2.24) is 26.2 Å². The number of unbranched alkanes of at least 4 members (excludes halogenated alkanes) is 2. The Labute approximate surface area is 401 Å². The summed E-state index contributed by atoms with van der Waals surface area (Å²) in [6, 6.07) is 0. The number of nitrogens with zero attached hydrogens (tertiary/aromatic N) is 1. The van der Waals surface area contributed by atoms with Gasteiger partial charge in [-0.3, -0.25) is 24.1 Å². The summed E-state index contributed by atoms with van der Waals surface area (Å²) in [5.41, 5.74) is -1.61. The molecule has 5 atom stereocenters. The molecule has 0 radical (unpaired) electrons. The van der Waals surface area contributed by atoms with Crippen LogP contribution in [0.2, 0.25) is 0 Å². The third-order valence-corrected chi connectivity index (χ3v) is 14.3. The molecule has 1 saturated heterocycles. The van der Waals surface area contributed by atoms with Gasteiger partial charge >= 0.3 is 0 Å². The molecule has 1 heterocycles. The fourth-order valence-corrected chi connectivity index (χ4v) is 9.93. The van der Waals surface area contributed by atoms with Crippen LogP contribution in [0.1, 0.15) is 197 Å². The molecule has 0 aromatic carbocycles. The predicted octanol–water partition coefficient (Wildman–Crippen LogP) is 9.55. The quantitative estimate of drug-likeness (QED) is 0.0341. The van der Waals surface area contributed by atoms with Crippen LogP contribution in [0, 0.1) is 5.41 Å². The van der Waals surface area contributed by atoms with E-state index in [9.17, 15) is 19.2 Å². The van der Waals surface area contributed by atoms with Gasteiger partial charge in [0, 0.05) is 85.6 Å². The summed E-state index contributed by atoms with van der Waals surface area (Å²) in [6.07, 6.45) is 15.5. The topological polar surface area (TPSA) is 129 Å². The first kappa shape index (κ1) is 59.2. The molecule has 0 aliphatic carbocycles. The molecule has 1 fully saturated rings. The number of carbonyl (C=O) groups is 4. The van der Waals surface area contributed by atoms with Crippen molar-refractivity contribution in [2.75, 3.05) is 44.3 Å². The first-order valence-electron chi connectivity index (χ1n) is 24.1. The second-order valence-corrected chi connectivity index (χ2v) is 23.2. The lowest BCUT2D eigenvalue weighted by Gasteiger charge is -2.43. The van der Waals surface area contributed by atoms with Gasteiger partial charge in [0.1, 0.15) is 0 Å². The van der Waals surface area contributed by atoms with Crippen LogP contribution in [0.5, 0.6) is 0 Å². The third-order valence-electron chi connectivity index (χ3n) is 12.8. The zero-order chi connectivity index (χ0) is 46.9. The van der Waals surface area contributed by atoms with Gasteiger partial charge in [0.25, 0.3) is 0 Å². The van der Waals surface area contributed by atoms with Gasteiger partial charge in [0.15, 0.2) is 0 Å². The summed E-state index contributed by atoms with van der Waals surface area (Å²) in [5.74, 6) is 1.48. The fraction of sp³-hybridized carbons (Fsp3) is 0.917. The Hall–Kier alpha value is -0.800. The number of rotatable bonds is 25. The van der Waals surface area contributed by atoms with E-state index < -0.39 is 11.1 Å². The average molecular weight is 949 g/mol. The minimum absolute atomic E-state index is 0.0123. The van der Waals surface area contributed by atoms with Crippen molar-refractivity contribution in [3.8, 4) is 0 Å². The highest BCUT2D eigenvalue weighted by molar-refractivity contribution is 7.81. The van der Waals surface area contributed by atoms with Crippen molar-refractivity contribution >= 4 is 74.1 Å². The summed E-state index contributed by atoms with van der Waals surface area (Å²) < 4.78 is 6.42. The molecular formula is C48H93N5O5S4. The highest BCUT2D eigenvalue weighted by Crippen LogP contribution is 2.33. The summed E-state index contributed by atoms with van der Waals surface area (Å²) in [4.78, 5) is 56.4. The summed E-state index contributed by atoms with van der Waals surface area (Å²) in [5, 5.41) is 13.6. The van der Waals surface area contributed by atoms with Crippen molar-refractivity contribution < 1.29 is 23.9 Å². The molecule has 0 spiro atoms. The number of hydrogen-bond donors (Lipinski definition) is 8. The fourth-order valence-electron chi connectivity index (χ4n) is 8.28. The summed E-state index contributed by atoms with van der Waals surface area (Å²) in [6.45, 7) is 22.2. The Kier molecular flexibility index (Phi) is 29.1. The van der Waals surface area contributed by atoms with Crippen LogP contribution in [0.4, 0.5) is 0 Å². The molecule has 364 valence electrons. The molecule has 62 heavy (non-hydrogen) atoms. The molecule has 0 bridgehead atoms. The van der Waals surface area contributed by atoms with E-state index in [4.69, 9.17) is 4.74 Å². The highest BCUT2D eigenvalue weighted by Gasteiger charge is 2.36. The molecule has 10 nitrogen and oxygen atoms in total. The predicted molar refractivity (Wildman–Crippen MR) is 274 cm³/mol. The van der Waals surface area contributed by atoms with E-state index in [0.717, 1.165) is 95.0 Å². The molecule has 0 aromatic rings. The van der Waals surface area contributed by atoms with Gasteiger partial charge in [-0.25, -0.2) is 0 Å². The van der Waals surface area contributed by atoms with Crippen molar-refractivity contribution in [2.24, 2.45) is 5.41 Å². The number of thiol groups is 4. The smallest absolute Gasteiger partial charge is 0.221 e. The van der Waals surface area contributed by atoms with Gasteiger partial charge in [-0.15, -0.1) is 0 Å². The van der Waals surface area contributed by atoms with Crippen LogP contribution in [-0.4, -0.2) is 106 Å². The number of nitrogens with one attached hydrogen (secondary N) is 4. The number of amides is 4. The standard InChI is InChI=1S/C48H93N5O5S4/c1-10-23-48(9,27-24-45(5,6)58-35-30-44(2,3)4)53-33-19-40(54)49-31-28-46(7,51-42(56)17-13-11-15-38(61)21-36-59)25-26-47(8,29-32-50-41(55)20-34-53)52-43(57)18-14-12-16-39(62)22-37-60/h38-39,59-62H,10-37H2,1-9H3,(H,49,54)(H,50,55)(H,51,56)(H,52,57). The maximum atomic E-state index is 13.6. The van der Waals surface area contributed by atoms with Gasteiger partial charge in [0.2, 0.25) is 23.6 Å². The molecule has 1 aliphatic rings. The van der Waals surface area contributed by atoms with Crippen molar-refractivity contribution in [3.05, 3.63) is 0 Å². The minimum Gasteiger partial charge on any atom is -0.376 e. The Bertz CT molecular complexity index is 1230. The van der Waals surface area contributed by atoms with E-state index in [0.29, 0.717) is 84.2 Å². The lowest BCUT2D eigenvalue weighted by molar-refractivity contribution is -0.125. The van der Waals surface area contributed by atoms with E-state index in [1.54, 1.807) is 0 Å². The number of hydrogen-bond acceptors (Lipinski definition) is 10. The molecule has 0 saturated carbocycles. The molecule has 1 aliphatic heterocycles. The molecule has 5 unspecified atom stereocenters. The Morgan fingerprint density at radius 1 is 0.694 bits per heavy atom. The van der Waals surface area contributed by atoms with Crippen LogP contribution < -0.4 is 21.3 Å². The van der Waals surface area contributed by atoms with Gasteiger partial charge in [-0.2, -0.15) is 50.5 Å². The van der Waals surface area contributed by atoms with E-state index in [1.807, 2.05) is 0 Å². The van der Waals surface area contributed by atoms with Crippen molar-refractivity contribution in [2.45, 2.75) is 230 Å². The molecular weight excluding hydrogens is 855 g/mol. The molecule has 4 N–H and O–H groups in total. The zero-order valence-corrected chi connectivity index (χ0v) is 44.3. The van der Waals surface area contributed by atoms with Gasteiger partial charge in [-0.05, 0) is 141 Å². The van der Waals surface area contributed by atoms with E-state index in [-0.39, 0.29) is 50.7 Å². The second kappa shape index (κ2) is 30.5. The SMILES string of the molecule is CCCC(C)(CCC(C)(C)OCCC(C)(C)C)N1CCC(=O)NCCC(C)(NC(=O)CCCCC(S)CCS)CCC(C)(NC(=O)CCCCC(S)CCS)CCNC(=O)CC1. The largest absolute Gasteiger partial charge is 0.376 e. The van der Waals surface area contributed by atoms with Crippen molar-refractivity contribution in [1.29, 1.82) is 0 Å². The van der Waals surface area contributed by atoms with Crippen LogP contribution in [-0.2, 0) is 23.9 Å². The Balaban J connectivity index is 3.30. The molecule has 1 rings (SSSR count). The first-order chi connectivity index (χ1) is 29.0. The Morgan fingerprint density at radius 3 is 1.55 bits per heavy atom. The van der Waals surface area contributed by atoms with E-state index in [1.165, 1.54) is 0 Å². The highest BCUT2D eigenvalue weighted by atomic mass is 32.1. The third kappa shape index (κ3) is 27.6. The number of ether oxygens (including phenoxy) is 1. The average Bonchev–Trinajstić information content (AvgIpc) is 3.16. The summed E-state index contributed by atoms with van der Waals surface area (Å²) >= 11 is 18.0. The van der Waals surface area contributed by atoms with Crippen molar-refractivity contribution in [3.63, 3.8) is 0 Å². The minimum atomic E-state index is -0.631. The van der Waals surface area contributed by atoms with Crippen LogP contribution in [0.15, 0.2) is 0 Å². The van der Waals surface area contributed by atoms with Gasteiger partial charge in [-0.1, -0.05) is 47.0 Å².